The third-order valence-electron chi connectivity index (χ3n) is 4.61. The number of aryl methyl sites for hydroxylation is 1. The first-order chi connectivity index (χ1) is 15.0. The van der Waals surface area contributed by atoms with Crippen molar-refractivity contribution >= 4 is 16.9 Å². The van der Waals surface area contributed by atoms with Gasteiger partial charge in [0.15, 0.2) is 6.10 Å². The maximum absolute atomic E-state index is 12.8. The van der Waals surface area contributed by atoms with E-state index in [-0.39, 0.29) is 17.8 Å². The van der Waals surface area contributed by atoms with Gasteiger partial charge < -0.3 is 23.4 Å². The Morgan fingerprint density at radius 2 is 1.87 bits per heavy atom. The minimum Gasteiger partial charge on any atom is -0.479 e. The van der Waals surface area contributed by atoms with E-state index in [0.29, 0.717) is 35.7 Å². The van der Waals surface area contributed by atoms with Crippen LogP contribution in [0.2, 0.25) is 0 Å². The van der Waals surface area contributed by atoms with Crippen LogP contribution in [0.4, 0.5) is 0 Å². The minimum atomic E-state index is -0.820. The number of fused-ring (bicyclic) bond motifs is 1. The van der Waals surface area contributed by atoms with Crippen LogP contribution in [0.15, 0.2) is 57.9 Å². The van der Waals surface area contributed by atoms with Crippen molar-refractivity contribution in [2.75, 3.05) is 19.8 Å². The van der Waals surface area contributed by atoms with Crippen molar-refractivity contribution in [1.82, 2.24) is 0 Å². The van der Waals surface area contributed by atoms with Gasteiger partial charge in [-0.25, -0.2) is 4.79 Å². The van der Waals surface area contributed by atoms with Crippen LogP contribution >= 0.6 is 0 Å². The summed E-state index contributed by atoms with van der Waals surface area (Å²) < 4.78 is 27.3. The van der Waals surface area contributed by atoms with Gasteiger partial charge >= 0.3 is 5.97 Å². The minimum absolute atomic E-state index is 0.105. The van der Waals surface area contributed by atoms with Gasteiger partial charge in [0.1, 0.15) is 30.0 Å². The number of carbonyl (C=O) groups excluding carboxylic acids is 1. The first-order valence-corrected chi connectivity index (χ1v) is 10.3. The number of carbonyl (C=O) groups is 1. The van der Waals surface area contributed by atoms with Gasteiger partial charge in [-0.2, -0.15) is 0 Å². The molecule has 1 heterocycles. The van der Waals surface area contributed by atoms with Crippen LogP contribution in [0.25, 0.3) is 11.0 Å². The summed E-state index contributed by atoms with van der Waals surface area (Å²) >= 11 is 0. The maximum Gasteiger partial charge on any atom is 0.347 e. The van der Waals surface area contributed by atoms with Crippen LogP contribution in [-0.2, 0) is 20.7 Å². The Hall–Kier alpha value is -3.32. The summed E-state index contributed by atoms with van der Waals surface area (Å²) in [5.74, 6) is 0.607. The van der Waals surface area contributed by atoms with Crippen molar-refractivity contribution in [3.05, 3.63) is 64.5 Å². The molecule has 0 aliphatic carbocycles. The average molecular weight is 426 g/mol. The van der Waals surface area contributed by atoms with Gasteiger partial charge in [0.25, 0.3) is 0 Å². The average Bonchev–Trinajstić information content (AvgIpc) is 2.78. The molecule has 1 atom stereocenters. The lowest BCUT2D eigenvalue weighted by atomic mass is 10.1. The summed E-state index contributed by atoms with van der Waals surface area (Å²) in [6.45, 7) is 6.53. The third kappa shape index (κ3) is 5.64. The van der Waals surface area contributed by atoms with E-state index in [9.17, 15) is 9.59 Å². The molecule has 3 aromatic rings. The van der Waals surface area contributed by atoms with Gasteiger partial charge in [0, 0.05) is 12.7 Å². The van der Waals surface area contributed by atoms with E-state index in [1.165, 1.54) is 6.26 Å². The highest BCUT2D eigenvalue weighted by atomic mass is 16.6. The predicted octanol–water partition coefficient (Wildman–Crippen LogP) is 4.49. The van der Waals surface area contributed by atoms with Crippen molar-refractivity contribution in [3.8, 4) is 17.2 Å². The molecule has 31 heavy (non-hydrogen) atoms. The molecular weight excluding hydrogens is 400 g/mol. The molecule has 7 nitrogen and oxygen atoms in total. The molecule has 0 N–H and O–H groups in total. The number of benzene rings is 2. The fraction of sp³-hybridized carbons (Fsp3) is 0.333. The lowest BCUT2D eigenvalue weighted by Gasteiger charge is -2.14. The second-order valence-electron chi connectivity index (χ2n) is 6.77. The second kappa shape index (κ2) is 10.6. The Kier molecular flexibility index (Phi) is 7.67. The lowest BCUT2D eigenvalue weighted by Crippen LogP contribution is -2.27. The van der Waals surface area contributed by atoms with Gasteiger partial charge in [0.2, 0.25) is 11.2 Å². The van der Waals surface area contributed by atoms with E-state index in [2.05, 4.69) is 0 Å². The van der Waals surface area contributed by atoms with E-state index in [4.69, 9.17) is 23.4 Å². The van der Waals surface area contributed by atoms with Gasteiger partial charge in [0.05, 0.1) is 12.0 Å². The van der Waals surface area contributed by atoms with Crippen molar-refractivity contribution in [3.63, 3.8) is 0 Å². The molecule has 164 valence electrons. The van der Waals surface area contributed by atoms with Gasteiger partial charge in [-0.3, -0.25) is 4.79 Å². The van der Waals surface area contributed by atoms with Crippen LogP contribution in [-0.4, -0.2) is 31.9 Å². The van der Waals surface area contributed by atoms with Gasteiger partial charge in [-0.15, -0.1) is 0 Å². The zero-order chi connectivity index (χ0) is 22.2. The molecule has 0 fully saturated rings. The highest BCUT2D eigenvalue weighted by Gasteiger charge is 2.17. The Morgan fingerprint density at radius 3 is 2.65 bits per heavy atom. The van der Waals surface area contributed by atoms with Crippen LogP contribution in [0, 0.1) is 0 Å². The smallest absolute Gasteiger partial charge is 0.347 e. The fourth-order valence-corrected chi connectivity index (χ4v) is 2.96. The summed E-state index contributed by atoms with van der Waals surface area (Å²) in [5.41, 5.74) is 1.03. The second-order valence-corrected chi connectivity index (χ2v) is 6.77. The Morgan fingerprint density at radius 1 is 1.06 bits per heavy atom. The van der Waals surface area contributed by atoms with E-state index in [1.807, 2.05) is 38.1 Å². The van der Waals surface area contributed by atoms with Crippen molar-refractivity contribution < 1.29 is 28.2 Å². The molecular formula is C24H26O7. The zero-order valence-corrected chi connectivity index (χ0v) is 17.9. The van der Waals surface area contributed by atoms with Crippen molar-refractivity contribution in [2.24, 2.45) is 0 Å². The fourth-order valence-electron chi connectivity index (χ4n) is 2.96. The molecule has 3 rings (SSSR count). The summed E-state index contributed by atoms with van der Waals surface area (Å²) in [4.78, 5) is 24.8. The summed E-state index contributed by atoms with van der Waals surface area (Å²) in [5, 5.41) is 0.353. The molecule has 1 aromatic heterocycles. The first-order valence-electron chi connectivity index (χ1n) is 10.3. The van der Waals surface area contributed by atoms with Crippen LogP contribution in [0.5, 0.6) is 17.2 Å². The predicted molar refractivity (Wildman–Crippen MR) is 116 cm³/mol. The molecule has 0 bridgehead atoms. The molecule has 0 aliphatic heterocycles. The highest BCUT2D eigenvalue weighted by Crippen LogP contribution is 2.26. The van der Waals surface area contributed by atoms with E-state index >= 15 is 0 Å². The van der Waals surface area contributed by atoms with Crippen LogP contribution < -0.4 is 14.9 Å². The summed E-state index contributed by atoms with van der Waals surface area (Å²) in [6.07, 6.45) is 1.24. The summed E-state index contributed by atoms with van der Waals surface area (Å²) in [6, 6.07) is 12.3. The SMILES string of the molecule is CCOCCOC(=O)C(C)Oc1ccc2c(=O)c(Oc3ccccc3CC)coc2c1. The number of ether oxygens (including phenoxy) is 4. The molecule has 0 saturated carbocycles. The van der Waals surface area contributed by atoms with Crippen LogP contribution in [0.1, 0.15) is 26.3 Å². The molecule has 0 saturated heterocycles. The Bertz CT molecular complexity index is 1090. The summed E-state index contributed by atoms with van der Waals surface area (Å²) in [7, 11) is 0. The quantitative estimate of drug-likeness (QED) is 0.349. The van der Waals surface area contributed by atoms with Gasteiger partial charge in [-0.1, -0.05) is 25.1 Å². The Labute approximate surface area is 180 Å². The number of esters is 1. The van der Waals surface area contributed by atoms with Crippen molar-refractivity contribution in [1.29, 1.82) is 0 Å². The topological polar surface area (TPSA) is 84.2 Å². The Balaban J connectivity index is 1.73. The molecule has 7 heteroatoms. The molecule has 0 amide bonds. The molecule has 0 spiro atoms. The first kappa shape index (κ1) is 22.4. The van der Waals surface area contributed by atoms with E-state index in [0.717, 1.165) is 12.0 Å². The van der Waals surface area contributed by atoms with Crippen LogP contribution in [0.3, 0.4) is 0 Å². The zero-order valence-electron chi connectivity index (χ0n) is 17.9. The third-order valence-corrected chi connectivity index (χ3v) is 4.61. The lowest BCUT2D eigenvalue weighted by molar-refractivity contribution is -0.152. The molecule has 0 radical (unpaired) electrons. The van der Waals surface area contributed by atoms with E-state index in [1.54, 1.807) is 25.1 Å². The molecule has 1 unspecified atom stereocenters. The highest BCUT2D eigenvalue weighted by molar-refractivity contribution is 5.79. The maximum atomic E-state index is 12.8. The number of rotatable bonds is 10. The normalized spacial score (nSPS) is 11.8. The number of hydrogen-bond acceptors (Lipinski definition) is 7. The van der Waals surface area contributed by atoms with E-state index < -0.39 is 12.1 Å². The number of hydrogen-bond donors (Lipinski definition) is 0. The molecule has 2 aromatic carbocycles. The van der Waals surface area contributed by atoms with Gasteiger partial charge in [-0.05, 0) is 44.0 Å². The van der Waals surface area contributed by atoms with Crippen molar-refractivity contribution in [2.45, 2.75) is 33.3 Å². The largest absolute Gasteiger partial charge is 0.479 e. The monoisotopic (exact) mass is 426 g/mol. The standard InChI is InChI=1S/C24H26O7/c1-4-17-8-6-7-9-20(17)31-22-15-29-21-14-18(10-11-19(21)23(22)25)30-16(3)24(26)28-13-12-27-5-2/h6-11,14-16H,4-5,12-13H2,1-3H3. The molecule has 0 aliphatic rings. The number of para-hydroxylation sites is 1.